The van der Waals surface area contributed by atoms with E-state index in [2.05, 4.69) is 9.88 Å². The van der Waals surface area contributed by atoms with Gasteiger partial charge in [-0.25, -0.2) is 8.78 Å². The van der Waals surface area contributed by atoms with Gasteiger partial charge in [0.2, 0.25) is 0 Å². The van der Waals surface area contributed by atoms with E-state index in [4.69, 9.17) is 0 Å². The zero-order valence-electron chi connectivity index (χ0n) is 14.0. The standard InChI is InChI=1S/C20H22F2N2O/c21-17-8-7-14(10-18(17)22)11-24-12-15-4-3-5-16(13-24)20(15,25)19-6-1-2-9-23-19/h1-2,6-10,15-16,25H,3-5,11-13H2/t15-,16-/m0/s1. The van der Waals surface area contributed by atoms with E-state index in [0.29, 0.717) is 6.54 Å². The van der Waals surface area contributed by atoms with Crippen LogP contribution in [-0.4, -0.2) is 28.1 Å². The van der Waals surface area contributed by atoms with Gasteiger partial charge in [-0.3, -0.25) is 9.88 Å². The lowest BCUT2D eigenvalue weighted by atomic mass is 9.64. The first-order chi connectivity index (χ1) is 12.1. The van der Waals surface area contributed by atoms with Crippen LogP contribution in [0.2, 0.25) is 0 Å². The van der Waals surface area contributed by atoms with Crippen LogP contribution in [-0.2, 0) is 12.1 Å². The van der Waals surface area contributed by atoms with E-state index in [-0.39, 0.29) is 11.8 Å². The average molecular weight is 344 g/mol. The molecule has 1 saturated carbocycles. The van der Waals surface area contributed by atoms with Crippen molar-refractivity contribution in [2.75, 3.05) is 13.1 Å². The number of fused-ring (bicyclic) bond motifs is 2. The fraction of sp³-hybridized carbons (Fsp3) is 0.450. The van der Waals surface area contributed by atoms with Crippen molar-refractivity contribution in [3.05, 3.63) is 65.5 Å². The van der Waals surface area contributed by atoms with Crippen molar-refractivity contribution in [1.29, 1.82) is 0 Å². The lowest BCUT2D eigenvalue weighted by molar-refractivity contribution is -0.151. The Morgan fingerprint density at radius 1 is 1.08 bits per heavy atom. The number of halogens is 2. The molecule has 2 fully saturated rings. The van der Waals surface area contributed by atoms with Crippen molar-refractivity contribution < 1.29 is 13.9 Å². The molecule has 2 bridgehead atoms. The zero-order chi connectivity index (χ0) is 17.4. The minimum Gasteiger partial charge on any atom is -0.383 e. The van der Waals surface area contributed by atoms with Gasteiger partial charge in [-0.15, -0.1) is 0 Å². The molecular formula is C20H22F2N2O. The first kappa shape index (κ1) is 16.6. The highest BCUT2D eigenvalue weighted by molar-refractivity contribution is 5.21. The molecule has 0 spiro atoms. The summed E-state index contributed by atoms with van der Waals surface area (Å²) in [4.78, 5) is 6.68. The van der Waals surface area contributed by atoms with Crippen LogP contribution in [0.1, 0.15) is 30.5 Å². The monoisotopic (exact) mass is 344 g/mol. The van der Waals surface area contributed by atoms with Crippen LogP contribution in [0.5, 0.6) is 0 Å². The molecule has 1 saturated heterocycles. The highest BCUT2D eigenvalue weighted by Crippen LogP contribution is 2.48. The molecule has 2 heterocycles. The molecule has 1 aromatic heterocycles. The third-order valence-corrected chi connectivity index (χ3v) is 5.77. The zero-order valence-corrected chi connectivity index (χ0v) is 14.0. The van der Waals surface area contributed by atoms with Gasteiger partial charge in [0.1, 0.15) is 5.60 Å². The summed E-state index contributed by atoms with van der Waals surface area (Å²) < 4.78 is 26.6. The van der Waals surface area contributed by atoms with Crippen LogP contribution in [0, 0.1) is 23.5 Å². The van der Waals surface area contributed by atoms with Gasteiger partial charge in [0.25, 0.3) is 0 Å². The summed E-state index contributed by atoms with van der Waals surface area (Å²) in [5, 5.41) is 11.5. The summed E-state index contributed by atoms with van der Waals surface area (Å²) in [6.07, 6.45) is 4.76. The van der Waals surface area contributed by atoms with Crippen molar-refractivity contribution in [2.24, 2.45) is 11.8 Å². The van der Waals surface area contributed by atoms with Crippen molar-refractivity contribution in [3.63, 3.8) is 0 Å². The number of hydrogen-bond donors (Lipinski definition) is 1. The number of aliphatic hydroxyl groups is 1. The highest BCUT2D eigenvalue weighted by atomic mass is 19.2. The number of likely N-dealkylation sites (tertiary alicyclic amines) is 1. The van der Waals surface area contributed by atoms with Crippen molar-refractivity contribution >= 4 is 0 Å². The fourth-order valence-corrected chi connectivity index (χ4v) is 4.59. The molecule has 25 heavy (non-hydrogen) atoms. The number of pyridine rings is 1. The van der Waals surface area contributed by atoms with E-state index < -0.39 is 17.2 Å². The molecule has 1 aliphatic carbocycles. The van der Waals surface area contributed by atoms with Crippen molar-refractivity contribution in [2.45, 2.75) is 31.4 Å². The molecule has 0 radical (unpaired) electrons. The third kappa shape index (κ3) is 2.96. The topological polar surface area (TPSA) is 36.4 Å². The largest absolute Gasteiger partial charge is 0.383 e. The quantitative estimate of drug-likeness (QED) is 0.926. The lowest BCUT2D eigenvalue weighted by Crippen LogP contribution is -2.58. The van der Waals surface area contributed by atoms with Crippen LogP contribution < -0.4 is 0 Å². The molecule has 132 valence electrons. The maximum Gasteiger partial charge on any atom is 0.159 e. The Morgan fingerprint density at radius 2 is 1.84 bits per heavy atom. The SMILES string of the molecule is OC1(c2ccccn2)[C@H]2CCC[C@H]1CN(Cc1ccc(F)c(F)c1)C2. The van der Waals surface area contributed by atoms with E-state index in [1.54, 1.807) is 12.3 Å². The number of hydrogen-bond acceptors (Lipinski definition) is 3. The Labute approximate surface area is 146 Å². The van der Waals surface area contributed by atoms with Crippen molar-refractivity contribution in [1.82, 2.24) is 9.88 Å². The molecule has 4 rings (SSSR count). The van der Waals surface area contributed by atoms with Crippen LogP contribution >= 0.6 is 0 Å². The Balaban J connectivity index is 1.56. The fourth-order valence-electron chi connectivity index (χ4n) is 4.59. The summed E-state index contributed by atoms with van der Waals surface area (Å²) >= 11 is 0. The van der Waals surface area contributed by atoms with Crippen molar-refractivity contribution in [3.8, 4) is 0 Å². The van der Waals surface area contributed by atoms with Gasteiger partial charge in [0, 0.05) is 37.7 Å². The van der Waals surface area contributed by atoms with Crippen LogP contribution in [0.3, 0.4) is 0 Å². The summed E-state index contributed by atoms with van der Waals surface area (Å²) in [7, 11) is 0. The highest BCUT2D eigenvalue weighted by Gasteiger charge is 2.52. The number of aromatic nitrogens is 1. The maximum atomic E-state index is 13.5. The molecule has 5 heteroatoms. The Morgan fingerprint density at radius 3 is 2.48 bits per heavy atom. The van der Waals surface area contributed by atoms with Gasteiger partial charge in [-0.05, 0) is 42.7 Å². The van der Waals surface area contributed by atoms with Gasteiger partial charge in [-0.1, -0.05) is 18.6 Å². The Bertz CT molecular complexity index is 739. The second kappa shape index (κ2) is 6.46. The summed E-state index contributed by atoms with van der Waals surface area (Å²) in [5.74, 6) is -1.40. The molecule has 2 atom stereocenters. The van der Waals surface area contributed by atoms with Gasteiger partial charge < -0.3 is 5.11 Å². The number of piperidine rings is 1. The predicted molar refractivity (Wildman–Crippen MR) is 90.6 cm³/mol. The van der Waals surface area contributed by atoms with Gasteiger partial charge in [-0.2, -0.15) is 0 Å². The minimum atomic E-state index is -0.885. The van der Waals surface area contributed by atoms with Crippen LogP contribution in [0.4, 0.5) is 8.78 Å². The van der Waals surface area contributed by atoms with Crippen LogP contribution in [0.25, 0.3) is 0 Å². The van der Waals surface area contributed by atoms with E-state index in [1.165, 1.54) is 12.1 Å². The molecule has 1 aliphatic heterocycles. The molecule has 0 amide bonds. The predicted octanol–water partition coefficient (Wildman–Crippen LogP) is 3.48. The molecule has 3 nitrogen and oxygen atoms in total. The van der Waals surface area contributed by atoms with Gasteiger partial charge in [0.05, 0.1) is 5.69 Å². The van der Waals surface area contributed by atoms with E-state index in [0.717, 1.165) is 43.6 Å². The third-order valence-electron chi connectivity index (χ3n) is 5.77. The molecule has 2 aromatic rings. The minimum absolute atomic E-state index is 0.111. The second-order valence-electron chi connectivity index (χ2n) is 7.31. The number of rotatable bonds is 3. The second-order valence-corrected chi connectivity index (χ2v) is 7.31. The smallest absolute Gasteiger partial charge is 0.159 e. The van der Waals surface area contributed by atoms with Gasteiger partial charge >= 0.3 is 0 Å². The summed E-state index contributed by atoms with van der Waals surface area (Å²) in [6.45, 7) is 2.05. The summed E-state index contributed by atoms with van der Waals surface area (Å²) in [5.41, 5.74) is 0.641. The first-order valence-corrected chi connectivity index (χ1v) is 8.87. The molecule has 2 aliphatic rings. The normalized spacial score (nSPS) is 29.6. The van der Waals surface area contributed by atoms with E-state index in [1.807, 2.05) is 18.2 Å². The van der Waals surface area contributed by atoms with E-state index >= 15 is 0 Å². The first-order valence-electron chi connectivity index (χ1n) is 8.87. The van der Waals surface area contributed by atoms with Gasteiger partial charge in [0.15, 0.2) is 11.6 Å². The molecular weight excluding hydrogens is 322 g/mol. The maximum absolute atomic E-state index is 13.5. The molecule has 0 unspecified atom stereocenters. The number of benzene rings is 1. The van der Waals surface area contributed by atoms with Crippen LogP contribution in [0.15, 0.2) is 42.6 Å². The van der Waals surface area contributed by atoms with E-state index in [9.17, 15) is 13.9 Å². The Kier molecular flexibility index (Phi) is 4.29. The number of nitrogens with zero attached hydrogens (tertiary/aromatic N) is 2. The average Bonchev–Trinajstić information content (AvgIpc) is 2.60. The Hall–Kier alpha value is -1.85. The summed E-state index contributed by atoms with van der Waals surface area (Å²) in [6, 6.07) is 9.78. The lowest BCUT2D eigenvalue weighted by Gasteiger charge is -2.52. The molecule has 1 aromatic carbocycles. The molecule has 1 N–H and O–H groups in total.